The monoisotopic (exact) mass is 278 g/mol. The van der Waals surface area contributed by atoms with Crippen molar-refractivity contribution in [3.8, 4) is 5.88 Å². The molecular formula is C15H26N4O. The van der Waals surface area contributed by atoms with Crippen molar-refractivity contribution in [2.24, 2.45) is 11.8 Å². The van der Waals surface area contributed by atoms with Crippen molar-refractivity contribution >= 4 is 5.82 Å². The lowest BCUT2D eigenvalue weighted by atomic mass is 10.1. The van der Waals surface area contributed by atoms with Gasteiger partial charge < -0.3 is 15.0 Å². The van der Waals surface area contributed by atoms with Crippen molar-refractivity contribution in [2.75, 3.05) is 38.1 Å². The first-order valence-electron chi connectivity index (χ1n) is 7.58. The molecule has 0 radical (unpaired) electrons. The van der Waals surface area contributed by atoms with E-state index >= 15 is 0 Å². The molecule has 2 heterocycles. The van der Waals surface area contributed by atoms with Crippen LogP contribution in [-0.4, -0.2) is 47.7 Å². The molecule has 112 valence electrons. The summed E-state index contributed by atoms with van der Waals surface area (Å²) in [5.74, 6) is 2.84. The number of rotatable bonds is 7. The Bertz CT molecular complexity index is 411. The van der Waals surface area contributed by atoms with E-state index in [0.717, 1.165) is 18.3 Å². The minimum absolute atomic E-state index is 0.588. The fraction of sp³-hybridized carbons (Fsp3) is 0.733. The molecule has 1 unspecified atom stereocenters. The smallest absolute Gasteiger partial charge is 0.234 e. The van der Waals surface area contributed by atoms with Crippen molar-refractivity contribution in [3.05, 3.63) is 12.4 Å². The second kappa shape index (κ2) is 7.43. The summed E-state index contributed by atoms with van der Waals surface area (Å²) >= 11 is 0. The Morgan fingerprint density at radius 1 is 1.45 bits per heavy atom. The summed E-state index contributed by atoms with van der Waals surface area (Å²) in [5, 5.41) is 3.38. The first kappa shape index (κ1) is 15.0. The van der Waals surface area contributed by atoms with Gasteiger partial charge in [-0.05, 0) is 31.7 Å². The van der Waals surface area contributed by atoms with Crippen LogP contribution in [0.4, 0.5) is 5.82 Å². The van der Waals surface area contributed by atoms with Crippen LogP contribution in [0.25, 0.3) is 0 Å². The summed E-state index contributed by atoms with van der Waals surface area (Å²) in [4.78, 5) is 11.1. The molecule has 0 bridgehead atoms. The number of hydrogen-bond donors (Lipinski definition) is 1. The summed E-state index contributed by atoms with van der Waals surface area (Å²) in [6, 6.07) is 0. The maximum absolute atomic E-state index is 5.36. The number of nitrogens with one attached hydrogen (secondary N) is 1. The van der Waals surface area contributed by atoms with Gasteiger partial charge in [0.05, 0.1) is 19.0 Å². The lowest BCUT2D eigenvalue weighted by Crippen LogP contribution is -2.26. The van der Waals surface area contributed by atoms with E-state index in [1.165, 1.54) is 26.1 Å². The molecule has 5 heteroatoms. The quantitative estimate of drug-likeness (QED) is 0.829. The Morgan fingerprint density at radius 2 is 2.30 bits per heavy atom. The molecular weight excluding hydrogens is 252 g/mol. The molecule has 1 aromatic rings. The van der Waals surface area contributed by atoms with Gasteiger partial charge in [-0.3, -0.25) is 4.98 Å². The SMILES string of the molecule is CCOc1cncc(NCC2CCN(CC(C)C)C2)n1. The number of ether oxygens (including phenoxy) is 1. The Hall–Kier alpha value is -1.36. The van der Waals surface area contributed by atoms with Gasteiger partial charge >= 0.3 is 0 Å². The van der Waals surface area contributed by atoms with Gasteiger partial charge in [0.25, 0.3) is 0 Å². The zero-order chi connectivity index (χ0) is 14.4. The predicted molar refractivity (Wildman–Crippen MR) is 81.1 cm³/mol. The molecule has 0 spiro atoms. The van der Waals surface area contributed by atoms with Crippen molar-refractivity contribution < 1.29 is 4.74 Å². The first-order chi connectivity index (χ1) is 9.67. The van der Waals surface area contributed by atoms with Crippen LogP contribution in [0.1, 0.15) is 27.2 Å². The highest BCUT2D eigenvalue weighted by molar-refractivity contribution is 5.33. The molecule has 20 heavy (non-hydrogen) atoms. The lowest BCUT2D eigenvalue weighted by Gasteiger charge is -2.18. The van der Waals surface area contributed by atoms with Gasteiger partial charge in [0, 0.05) is 19.6 Å². The second-order valence-electron chi connectivity index (χ2n) is 5.86. The van der Waals surface area contributed by atoms with Crippen LogP contribution in [0.5, 0.6) is 5.88 Å². The molecule has 1 aliphatic rings. The third-order valence-corrected chi connectivity index (χ3v) is 3.47. The molecule has 1 fully saturated rings. The van der Waals surface area contributed by atoms with E-state index in [9.17, 15) is 0 Å². The number of nitrogens with zero attached hydrogens (tertiary/aromatic N) is 3. The standard InChI is InChI=1S/C15H26N4O/c1-4-20-15-9-16-8-14(18-15)17-7-13-5-6-19(11-13)10-12(2)3/h8-9,12-13H,4-7,10-11H2,1-3H3,(H,17,18). The maximum Gasteiger partial charge on any atom is 0.234 e. The van der Waals surface area contributed by atoms with Crippen LogP contribution in [0.3, 0.4) is 0 Å². The highest BCUT2D eigenvalue weighted by Crippen LogP contribution is 2.18. The highest BCUT2D eigenvalue weighted by Gasteiger charge is 2.22. The number of aromatic nitrogens is 2. The van der Waals surface area contributed by atoms with Crippen LogP contribution in [-0.2, 0) is 0 Å². The Balaban J connectivity index is 1.77. The van der Waals surface area contributed by atoms with Crippen LogP contribution >= 0.6 is 0 Å². The predicted octanol–water partition coefficient (Wildman–Crippen LogP) is 2.27. The lowest BCUT2D eigenvalue weighted by molar-refractivity contribution is 0.289. The summed E-state index contributed by atoms with van der Waals surface area (Å²) in [7, 11) is 0. The molecule has 0 saturated carbocycles. The average molecular weight is 278 g/mol. The van der Waals surface area contributed by atoms with Crippen molar-refractivity contribution in [1.82, 2.24) is 14.9 Å². The zero-order valence-corrected chi connectivity index (χ0v) is 12.8. The highest BCUT2D eigenvalue weighted by atomic mass is 16.5. The molecule has 1 saturated heterocycles. The van der Waals surface area contributed by atoms with Gasteiger partial charge in [0.15, 0.2) is 0 Å². The van der Waals surface area contributed by atoms with Crippen molar-refractivity contribution in [2.45, 2.75) is 27.2 Å². The Labute approximate surface area is 121 Å². The van der Waals surface area contributed by atoms with Crippen LogP contribution in [0.2, 0.25) is 0 Å². The van der Waals surface area contributed by atoms with Gasteiger partial charge in [-0.2, -0.15) is 4.98 Å². The van der Waals surface area contributed by atoms with E-state index in [0.29, 0.717) is 18.4 Å². The van der Waals surface area contributed by atoms with Crippen molar-refractivity contribution in [3.63, 3.8) is 0 Å². The third-order valence-electron chi connectivity index (χ3n) is 3.47. The number of anilines is 1. The molecule has 2 rings (SSSR count). The van der Waals surface area contributed by atoms with Gasteiger partial charge in [-0.15, -0.1) is 0 Å². The molecule has 5 nitrogen and oxygen atoms in total. The van der Waals surface area contributed by atoms with Gasteiger partial charge in [-0.25, -0.2) is 0 Å². The van der Waals surface area contributed by atoms with E-state index in [4.69, 9.17) is 4.74 Å². The Morgan fingerprint density at radius 3 is 3.05 bits per heavy atom. The minimum Gasteiger partial charge on any atom is -0.477 e. The van der Waals surface area contributed by atoms with E-state index < -0.39 is 0 Å². The summed E-state index contributed by atoms with van der Waals surface area (Å²) < 4.78 is 5.36. The minimum atomic E-state index is 0.588. The molecule has 1 N–H and O–H groups in total. The van der Waals surface area contributed by atoms with Crippen LogP contribution < -0.4 is 10.1 Å². The summed E-state index contributed by atoms with van der Waals surface area (Å²) in [6.45, 7) is 11.7. The fourth-order valence-electron chi connectivity index (χ4n) is 2.66. The number of likely N-dealkylation sites (tertiary alicyclic amines) is 1. The maximum atomic E-state index is 5.36. The zero-order valence-electron chi connectivity index (χ0n) is 12.8. The van der Waals surface area contributed by atoms with Crippen LogP contribution in [0.15, 0.2) is 12.4 Å². The number of hydrogen-bond acceptors (Lipinski definition) is 5. The molecule has 0 aliphatic carbocycles. The second-order valence-corrected chi connectivity index (χ2v) is 5.86. The molecule has 0 aromatic carbocycles. The average Bonchev–Trinajstić information content (AvgIpc) is 2.84. The summed E-state index contributed by atoms with van der Waals surface area (Å²) in [5.41, 5.74) is 0. The van der Waals surface area contributed by atoms with E-state index in [1.54, 1.807) is 12.4 Å². The van der Waals surface area contributed by atoms with E-state index in [2.05, 4.69) is 34.0 Å². The molecule has 1 aromatic heterocycles. The van der Waals surface area contributed by atoms with E-state index in [-0.39, 0.29) is 0 Å². The summed E-state index contributed by atoms with van der Waals surface area (Å²) in [6.07, 6.45) is 4.66. The fourth-order valence-corrected chi connectivity index (χ4v) is 2.66. The molecule has 0 amide bonds. The Kier molecular flexibility index (Phi) is 5.59. The largest absolute Gasteiger partial charge is 0.477 e. The third kappa shape index (κ3) is 4.63. The van der Waals surface area contributed by atoms with E-state index in [1.807, 2.05) is 6.92 Å². The molecule has 1 atom stereocenters. The van der Waals surface area contributed by atoms with Gasteiger partial charge in [-0.1, -0.05) is 13.8 Å². The van der Waals surface area contributed by atoms with Gasteiger partial charge in [0.1, 0.15) is 5.82 Å². The normalized spacial score (nSPS) is 19.5. The first-order valence-corrected chi connectivity index (χ1v) is 7.58. The van der Waals surface area contributed by atoms with Crippen molar-refractivity contribution in [1.29, 1.82) is 0 Å². The van der Waals surface area contributed by atoms with Crippen LogP contribution in [0, 0.1) is 11.8 Å². The topological polar surface area (TPSA) is 50.3 Å². The molecule has 1 aliphatic heterocycles. The van der Waals surface area contributed by atoms with Gasteiger partial charge in [0.2, 0.25) is 5.88 Å².